The summed E-state index contributed by atoms with van der Waals surface area (Å²) < 4.78 is 19.1. The molecule has 0 unspecified atom stereocenters. The minimum absolute atomic E-state index is 0.0876. The van der Waals surface area contributed by atoms with E-state index in [1.54, 1.807) is 20.8 Å². The third kappa shape index (κ3) is 4.34. The molecule has 5 nitrogen and oxygen atoms in total. The lowest BCUT2D eigenvalue weighted by molar-refractivity contribution is 0.0140. The van der Waals surface area contributed by atoms with Gasteiger partial charge in [0.05, 0.1) is 10.6 Å². The van der Waals surface area contributed by atoms with Gasteiger partial charge in [-0.2, -0.15) is 0 Å². The highest BCUT2D eigenvalue weighted by Crippen LogP contribution is 2.21. The quantitative estimate of drug-likeness (QED) is 0.787. The van der Waals surface area contributed by atoms with Crippen LogP contribution in [0, 0.1) is 5.82 Å². The van der Waals surface area contributed by atoms with E-state index in [1.165, 1.54) is 28.0 Å². The van der Waals surface area contributed by atoms with Gasteiger partial charge < -0.3 is 14.5 Å². The number of carbonyl (C=O) groups excluding carboxylic acids is 2. The summed E-state index contributed by atoms with van der Waals surface area (Å²) in [6.07, 6.45) is -0.409. The van der Waals surface area contributed by atoms with Crippen LogP contribution in [-0.2, 0) is 4.74 Å². The van der Waals surface area contributed by atoms with E-state index in [0.717, 1.165) is 0 Å². The van der Waals surface area contributed by atoms with Crippen molar-refractivity contribution < 1.29 is 18.7 Å². The lowest BCUT2D eigenvalue weighted by atomic mass is 10.1. The lowest BCUT2D eigenvalue weighted by Gasteiger charge is -2.35. The molecule has 0 spiro atoms. The molecular weight excluding hydrogens is 323 g/mol. The maximum absolute atomic E-state index is 13.8. The van der Waals surface area contributed by atoms with Gasteiger partial charge in [0.15, 0.2) is 0 Å². The highest BCUT2D eigenvalue weighted by molar-refractivity contribution is 6.33. The molecular formula is C16H20ClFN2O3. The Labute approximate surface area is 140 Å². The van der Waals surface area contributed by atoms with Crippen LogP contribution in [0.3, 0.4) is 0 Å². The van der Waals surface area contributed by atoms with Crippen LogP contribution < -0.4 is 0 Å². The van der Waals surface area contributed by atoms with Gasteiger partial charge in [-0.05, 0) is 32.9 Å². The van der Waals surface area contributed by atoms with E-state index in [2.05, 4.69) is 0 Å². The van der Waals surface area contributed by atoms with Crippen LogP contribution in [0.15, 0.2) is 18.2 Å². The number of benzene rings is 1. The fourth-order valence-corrected chi connectivity index (χ4v) is 2.52. The second-order valence-corrected chi connectivity index (χ2v) is 6.76. The average molecular weight is 343 g/mol. The molecule has 1 saturated heterocycles. The van der Waals surface area contributed by atoms with Crippen molar-refractivity contribution >= 4 is 23.6 Å². The van der Waals surface area contributed by atoms with E-state index < -0.39 is 23.4 Å². The van der Waals surface area contributed by atoms with Crippen LogP contribution in [-0.4, -0.2) is 53.6 Å². The van der Waals surface area contributed by atoms with Crippen LogP contribution in [0.1, 0.15) is 31.1 Å². The molecule has 0 atom stereocenters. The molecule has 1 fully saturated rings. The van der Waals surface area contributed by atoms with Gasteiger partial charge in [0.1, 0.15) is 11.4 Å². The number of piperazine rings is 1. The van der Waals surface area contributed by atoms with Crippen LogP contribution >= 0.6 is 11.6 Å². The molecule has 1 aliphatic rings. The number of ether oxygens (including phenoxy) is 1. The molecule has 0 saturated carbocycles. The average Bonchev–Trinajstić information content (AvgIpc) is 2.45. The van der Waals surface area contributed by atoms with Crippen molar-refractivity contribution in [3.63, 3.8) is 0 Å². The third-order valence-corrected chi connectivity index (χ3v) is 3.71. The first kappa shape index (κ1) is 17.5. The van der Waals surface area contributed by atoms with Crippen molar-refractivity contribution in [1.82, 2.24) is 9.80 Å². The van der Waals surface area contributed by atoms with Crippen molar-refractivity contribution in [2.75, 3.05) is 26.2 Å². The number of rotatable bonds is 1. The maximum Gasteiger partial charge on any atom is 0.410 e. The Balaban J connectivity index is 1.99. The van der Waals surface area contributed by atoms with Gasteiger partial charge in [-0.3, -0.25) is 4.79 Å². The number of carbonyl (C=O) groups is 2. The fraction of sp³-hybridized carbons (Fsp3) is 0.500. The summed E-state index contributed by atoms with van der Waals surface area (Å²) >= 11 is 5.92. The molecule has 1 aromatic carbocycles. The van der Waals surface area contributed by atoms with Crippen molar-refractivity contribution in [3.8, 4) is 0 Å². The Morgan fingerprint density at radius 3 is 2.22 bits per heavy atom. The lowest BCUT2D eigenvalue weighted by Crippen LogP contribution is -2.51. The Kier molecular flexibility index (Phi) is 5.14. The Bertz CT molecular complexity index is 588. The molecule has 23 heavy (non-hydrogen) atoms. The van der Waals surface area contributed by atoms with Gasteiger partial charge in [0, 0.05) is 26.2 Å². The summed E-state index contributed by atoms with van der Waals surface area (Å²) in [5, 5.41) is 0.0876. The zero-order chi connectivity index (χ0) is 17.2. The minimum Gasteiger partial charge on any atom is -0.444 e. The molecule has 7 heteroatoms. The van der Waals surface area contributed by atoms with Crippen LogP contribution in [0.4, 0.5) is 9.18 Å². The molecule has 2 amide bonds. The zero-order valence-electron chi connectivity index (χ0n) is 13.4. The molecule has 1 aliphatic heterocycles. The SMILES string of the molecule is CC(C)(C)OC(=O)N1CCN(C(=O)c2c(F)cccc2Cl)CC1. The normalized spacial score (nSPS) is 15.5. The summed E-state index contributed by atoms with van der Waals surface area (Å²) in [6.45, 7) is 6.69. The summed E-state index contributed by atoms with van der Waals surface area (Å²) in [4.78, 5) is 27.4. The summed E-state index contributed by atoms with van der Waals surface area (Å²) in [7, 11) is 0. The molecule has 0 aromatic heterocycles. The molecule has 0 bridgehead atoms. The van der Waals surface area contributed by atoms with E-state index in [-0.39, 0.29) is 10.6 Å². The van der Waals surface area contributed by atoms with E-state index in [0.29, 0.717) is 26.2 Å². The molecule has 1 heterocycles. The standard InChI is InChI=1S/C16H20ClFN2O3/c1-16(2,3)23-15(22)20-9-7-19(8-10-20)14(21)13-11(17)5-4-6-12(13)18/h4-6H,7-10H2,1-3H3. The number of hydrogen-bond acceptors (Lipinski definition) is 3. The Hall–Kier alpha value is -1.82. The predicted molar refractivity (Wildman–Crippen MR) is 85.1 cm³/mol. The monoisotopic (exact) mass is 342 g/mol. The largest absolute Gasteiger partial charge is 0.444 e. The second-order valence-electron chi connectivity index (χ2n) is 6.36. The van der Waals surface area contributed by atoms with Crippen LogP contribution in [0.5, 0.6) is 0 Å². The maximum atomic E-state index is 13.8. The smallest absolute Gasteiger partial charge is 0.410 e. The van der Waals surface area contributed by atoms with Gasteiger partial charge in [-0.25, -0.2) is 9.18 Å². The number of halogens is 2. The van der Waals surface area contributed by atoms with E-state index >= 15 is 0 Å². The zero-order valence-corrected chi connectivity index (χ0v) is 14.2. The summed E-state index contributed by atoms with van der Waals surface area (Å²) in [5.74, 6) is -1.10. The highest BCUT2D eigenvalue weighted by Gasteiger charge is 2.29. The van der Waals surface area contributed by atoms with Crippen molar-refractivity contribution in [3.05, 3.63) is 34.6 Å². The summed E-state index contributed by atoms with van der Waals surface area (Å²) in [5.41, 5.74) is -0.690. The fourth-order valence-electron chi connectivity index (χ4n) is 2.28. The molecule has 0 N–H and O–H groups in total. The number of amides is 2. The Morgan fingerprint density at radius 2 is 1.70 bits per heavy atom. The van der Waals surface area contributed by atoms with Crippen LogP contribution in [0.25, 0.3) is 0 Å². The topological polar surface area (TPSA) is 49.9 Å². The van der Waals surface area contributed by atoms with Gasteiger partial charge in [-0.15, -0.1) is 0 Å². The van der Waals surface area contributed by atoms with E-state index in [9.17, 15) is 14.0 Å². The number of nitrogens with zero attached hydrogens (tertiary/aromatic N) is 2. The highest BCUT2D eigenvalue weighted by atomic mass is 35.5. The van der Waals surface area contributed by atoms with Gasteiger partial charge in [0.2, 0.25) is 0 Å². The molecule has 0 aliphatic carbocycles. The van der Waals surface area contributed by atoms with E-state index in [1.807, 2.05) is 0 Å². The molecule has 126 valence electrons. The minimum atomic E-state index is -0.642. The first-order valence-electron chi connectivity index (χ1n) is 7.40. The molecule has 1 aromatic rings. The summed E-state index contributed by atoms with van der Waals surface area (Å²) in [6, 6.07) is 4.14. The van der Waals surface area contributed by atoms with Crippen molar-refractivity contribution in [2.45, 2.75) is 26.4 Å². The predicted octanol–water partition coefficient (Wildman–Crippen LogP) is 3.17. The number of hydrogen-bond donors (Lipinski definition) is 0. The first-order chi connectivity index (χ1) is 10.7. The van der Waals surface area contributed by atoms with Crippen molar-refractivity contribution in [2.24, 2.45) is 0 Å². The first-order valence-corrected chi connectivity index (χ1v) is 7.78. The second kappa shape index (κ2) is 6.74. The molecule has 2 rings (SSSR count). The van der Waals surface area contributed by atoms with Crippen molar-refractivity contribution in [1.29, 1.82) is 0 Å². The van der Waals surface area contributed by atoms with E-state index in [4.69, 9.17) is 16.3 Å². The Morgan fingerprint density at radius 1 is 1.13 bits per heavy atom. The third-order valence-electron chi connectivity index (χ3n) is 3.40. The molecule has 0 radical (unpaired) electrons. The van der Waals surface area contributed by atoms with Gasteiger partial charge in [0.25, 0.3) is 5.91 Å². The van der Waals surface area contributed by atoms with Gasteiger partial charge >= 0.3 is 6.09 Å². The van der Waals surface area contributed by atoms with Crippen LogP contribution in [0.2, 0.25) is 5.02 Å². The van der Waals surface area contributed by atoms with Gasteiger partial charge in [-0.1, -0.05) is 17.7 Å².